The van der Waals surface area contributed by atoms with Crippen LogP contribution in [0.1, 0.15) is 51.8 Å². The van der Waals surface area contributed by atoms with E-state index in [1.54, 1.807) is 0 Å². The highest BCUT2D eigenvalue weighted by Gasteiger charge is 2.40. The van der Waals surface area contributed by atoms with Gasteiger partial charge in [-0.2, -0.15) is 0 Å². The minimum Gasteiger partial charge on any atom is -0.463 e. The number of esters is 2. The van der Waals surface area contributed by atoms with Gasteiger partial charge in [-0.15, -0.1) is 5.10 Å². The van der Waals surface area contributed by atoms with Crippen LogP contribution in [0.4, 0.5) is 0 Å². The first kappa shape index (κ1) is 25.0. The maximum Gasteiger partial charge on any atom is 0.330 e. The molecule has 1 fully saturated rings. The Morgan fingerprint density at radius 1 is 1.17 bits per heavy atom. The molecule has 0 unspecified atom stereocenters. The summed E-state index contributed by atoms with van der Waals surface area (Å²) in [5.41, 5.74) is 1.03. The predicted molar refractivity (Wildman–Crippen MR) is 126 cm³/mol. The molecule has 1 aliphatic rings. The standard InChI is InChI=1S/C24H27N5O7/c1-13(2)16-5-7-17(8-6-16)29-19(10-25-27-29)18-11-28(24(33)26-23(18)32)22-9-20(35-15(4)31)21(36-22)12-34-14(3)30/h5-8,10-11,13,20-22H,9,12H2,1-4H3,(H,26,32,33)/t20-,21+,22+/m0/s1. The lowest BCUT2D eigenvalue weighted by Gasteiger charge is -2.17. The Bertz CT molecular complexity index is 1370. The Hall–Kier alpha value is -4.06. The van der Waals surface area contributed by atoms with E-state index in [9.17, 15) is 19.2 Å². The molecule has 0 aliphatic carbocycles. The molecule has 3 aromatic rings. The molecule has 1 aliphatic heterocycles. The molecule has 1 aromatic carbocycles. The molecule has 3 atom stereocenters. The molecule has 1 N–H and O–H groups in total. The van der Waals surface area contributed by atoms with Gasteiger partial charge in [0.25, 0.3) is 5.56 Å². The van der Waals surface area contributed by atoms with Crippen LogP contribution in [-0.2, 0) is 23.8 Å². The van der Waals surface area contributed by atoms with Gasteiger partial charge in [-0.1, -0.05) is 31.2 Å². The van der Waals surface area contributed by atoms with Crippen LogP contribution in [0.15, 0.2) is 46.2 Å². The monoisotopic (exact) mass is 497 g/mol. The highest BCUT2D eigenvalue weighted by molar-refractivity contribution is 5.66. The fourth-order valence-corrected chi connectivity index (χ4v) is 4.05. The van der Waals surface area contributed by atoms with E-state index in [0.29, 0.717) is 17.3 Å². The highest BCUT2D eigenvalue weighted by atomic mass is 16.6. The minimum absolute atomic E-state index is 0.116. The van der Waals surface area contributed by atoms with E-state index in [4.69, 9.17) is 14.2 Å². The molecule has 190 valence electrons. The number of hydrogen-bond acceptors (Lipinski definition) is 9. The Labute approximate surface area is 205 Å². The summed E-state index contributed by atoms with van der Waals surface area (Å²) < 4.78 is 18.9. The molecule has 4 rings (SSSR count). The van der Waals surface area contributed by atoms with Crippen molar-refractivity contribution in [1.29, 1.82) is 0 Å². The fourth-order valence-electron chi connectivity index (χ4n) is 4.05. The second kappa shape index (κ2) is 10.3. The molecule has 36 heavy (non-hydrogen) atoms. The number of nitrogens with one attached hydrogen (secondary N) is 1. The van der Waals surface area contributed by atoms with Crippen molar-refractivity contribution >= 4 is 11.9 Å². The Kier molecular flexibility index (Phi) is 7.15. The van der Waals surface area contributed by atoms with E-state index in [-0.39, 0.29) is 18.6 Å². The molecular weight excluding hydrogens is 470 g/mol. The Morgan fingerprint density at radius 2 is 1.89 bits per heavy atom. The summed E-state index contributed by atoms with van der Waals surface area (Å²) in [6, 6.07) is 7.70. The average Bonchev–Trinajstić information content (AvgIpc) is 3.45. The topological polar surface area (TPSA) is 147 Å². The van der Waals surface area contributed by atoms with Crippen molar-refractivity contribution in [2.45, 2.75) is 58.5 Å². The lowest BCUT2D eigenvalue weighted by molar-refractivity contribution is -0.155. The molecule has 12 heteroatoms. The summed E-state index contributed by atoms with van der Waals surface area (Å²) in [6.07, 6.45) is 0.495. The molecule has 0 spiro atoms. The smallest absolute Gasteiger partial charge is 0.330 e. The number of hydrogen-bond donors (Lipinski definition) is 1. The van der Waals surface area contributed by atoms with Crippen molar-refractivity contribution in [3.63, 3.8) is 0 Å². The third-order valence-electron chi connectivity index (χ3n) is 5.86. The molecule has 0 bridgehead atoms. The number of aromatic nitrogens is 5. The molecule has 0 amide bonds. The van der Waals surface area contributed by atoms with Gasteiger partial charge in [0, 0.05) is 26.5 Å². The molecule has 2 aromatic heterocycles. The van der Waals surface area contributed by atoms with Gasteiger partial charge in [-0.25, -0.2) is 9.48 Å². The summed E-state index contributed by atoms with van der Waals surface area (Å²) in [7, 11) is 0. The van der Waals surface area contributed by atoms with Crippen LogP contribution >= 0.6 is 0 Å². The largest absolute Gasteiger partial charge is 0.463 e. The molecule has 0 saturated carbocycles. The number of ether oxygens (including phenoxy) is 3. The number of benzene rings is 1. The van der Waals surface area contributed by atoms with Crippen molar-refractivity contribution in [2.75, 3.05) is 6.61 Å². The van der Waals surface area contributed by atoms with Crippen molar-refractivity contribution in [3.8, 4) is 16.9 Å². The molecule has 1 saturated heterocycles. The van der Waals surface area contributed by atoms with Crippen LogP contribution in [0.25, 0.3) is 16.9 Å². The van der Waals surface area contributed by atoms with Crippen LogP contribution in [0.5, 0.6) is 0 Å². The van der Waals surface area contributed by atoms with Gasteiger partial charge in [-0.05, 0) is 23.6 Å². The van der Waals surface area contributed by atoms with Crippen molar-refractivity contribution in [3.05, 3.63) is 63.1 Å². The lowest BCUT2D eigenvalue weighted by Crippen LogP contribution is -2.33. The molecule has 12 nitrogen and oxygen atoms in total. The van der Waals surface area contributed by atoms with E-state index in [1.807, 2.05) is 24.3 Å². The van der Waals surface area contributed by atoms with Crippen molar-refractivity contribution in [2.24, 2.45) is 0 Å². The van der Waals surface area contributed by atoms with Gasteiger partial charge in [0.2, 0.25) is 0 Å². The summed E-state index contributed by atoms with van der Waals surface area (Å²) in [5.74, 6) is -0.702. The number of aromatic amines is 1. The van der Waals surface area contributed by atoms with Gasteiger partial charge in [-0.3, -0.25) is 23.9 Å². The SMILES string of the molecule is CC(=O)OC[C@H]1O[C@@H](n2cc(-c3cnnn3-c3ccc(C(C)C)cc3)c(=O)[nH]c2=O)C[C@@H]1OC(C)=O. The summed E-state index contributed by atoms with van der Waals surface area (Å²) in [6.45, 7) is 6.53. The third kappa shape index (κ3) is 5.28. The maximum atomic E-state index is 12.8. The molecule has 3 heterocycles. The van der Waals surface area contributed by atoms with E-state index in [1.165, 1.54) is 35.5 Å². The first-order chi connectivity index (χ1) is 17.1. The van der Waals surface area contributed by atoms with Gasteiger partial charge in [0.15, 0.2) is 0 Å². The van der Waals surface area contributed by atoms with Crippen LogP contribution in [-0.4, -0.2) is 55.3 Å². The number of nitrogens with zero attached hydrogens (tertiary/aromatic N) is 4. The second-order valence-corrected chi connectivity index (χ2v) is 8.80. The summed E-state index contributed by atoms with van der Waals surface area (Å²) in [5, 5.41) is 8.07. The first-order valence-corrected chi connectivity index (χ1v) is 11.5. The zero-order chi connectivity index (χ0) is 26.0. The van der Waals surface area contributed by atoms with Crippen molar-refractivity contribution < 1.29 is 23.8 Å². The van der Waals surface area contributed by atoms with E-state index in [0.717, 1.165) is 5.56 Å². The normalized spacial score (nSPS) is 19.4. The number of H-pyrrole nitrogens is 1. The van der Waals surface area contributed by atoms with Gasteiger partial charge in [0.05, 0.1) is 17.4 Å². The lowest BCUT2D eigenvalue weighted by atomic mass is 10.0. The number of carbonyl (C=O) groups is 2. The zero-order valence-electron chi connectivity index (χ0n) is 20.3. The Balaban J connectivity index is 1.68. The van der Waals surface area contributed by atoms with Gasteiger partial charge >= 0.3 is 17.6 Å². The minimum atomic E-state index is -0.882. The summed E-state index contributed by atoms with van der Waals surface area (Å²) >= 11 is 0. The molecule has 0 radical (unpaired) electrons. The highest BCUT2D eigenvalue weighted by Crippen LogP contribution is 2.31. The van der Waals surface area contributed by atoms with E-state index < -0.39 is 41.6 Å². The molecular formula is C24H27N5O7. The van der Waals surface area contributed by atoms with Crippen LogP contribution in [0, 0.1) is 0 Å². The van der Waals surface area contributed by atoms with E-state index >= 15 is 0 Å². The Morgan fingerprint density at radius 3 is 2.53 bits per heavy atom. The quantitative estimate of drug-likeness (QED) is 0.482. The third-order valence-corrected chi connectivity index (χ3v) is 5.86. The fraction of sp³-hybridized carbons (Fsp3) is 0.417. The van der Waals surface area contributed by atoms with Gasteiger partial charge < -0.3 is 14.2 Å². The van der Waals surface area contributed by atoms with Gasteiger partial charge in [0.1, 0.15) is 30.7 Å². The van der Waals surface area contributed by atoms with Crippen molar-refractivity contribution in [1.82, 2.24) is 24.5 Å². The van der Waals surface area contributed by atoms with E-state index in [2.05, 4.69) is 29.1 Å². The maximum absolute atomic E-state index is 12.8. The van der Waals surface area contributed by atoms with Crippen LogP contribution in [0.2, 0.25) is 0 Å². The number of carbonyl (C=O) groups excluding carboxylic acids is 2. The second-order valence-electron chi connectivity index (χ2n) is 8.80. The summed E-state index contributed by atoms with van der Waals surface area (Å²) in [4.78, 5) is 50.6. The number of rotatable bonds is 7. The van der Waals surface area contributed by atoms with Crippen LogP contribution < -0.4 is 11.2 Å². The average molecular weight is 498 g/mol. The predicted octanol–water partition coefficient (Wildman–Crippen LogP) is 1.69. The first-order valence-electron chi connectivity index (χ1n) is 11.5. The zero-order valence-corrected chi connectivity index (χ0v) is 20.3. The van der Waals surface area contributed by atoms with Crippen LogP contribution in [0.3, 0.4) is 0 Å².